The third kappa shape index (κ3) is 1.80. The smallest absolute Gasteiger partial charge is 0.0756 e. The summed E-state index contributed by atoms with van der Waals surface area (Å²) in [6.07, 6.45) is 5.80. The first-order valence-electron chi connectivity index (χ1n) is 5.27. The largest absolute Gasteiger partial charge is 0.376 e. The fourth-order valence-corrected chi connectivity index (χ4v) is 2.05. The first-order valence-corrected chi connectivity index (χ1v) is 5.27. The Kier molecular flexibility index (Phi) is 2.66. The fraction of sp³-hybridized carbons (Fsp3) is 1.00. The van der Waals surface area contributed by atoms with Crippen LogP contribution in [-0.2, 0) is 4.74 Å². The zero-order valence-electron chi connectivity index (χ0n) is 7.88. The van der Waals surface area contributed by atoms with Gasteiger partial charge < -0.3 is 10.1 Å². The van der Waals surface area contributed by atoms with Crippen molar-refractivity contribution >= 4 is 0 Å². The highest BCUT2D eigenvalue weighted by Crippen LogP contribution is 2.38. The molecule has 2 atom stereocenters. The molecular formula is C10H19NO. The molecule has 1 aliphatic heterocycles. The van der Waals surface area contributed by atoms with Crippen molar-refractivity contribution in [2.75, 3.05) is 13.2 Å². The van der Waals surface area contributed by atoms with Crippen LogP contribution in [0.4, 0.5) is 0 Å². The van der Waals surface area contributed by atoms with Gasteiger partial charge in [-0.05, 0) is 38.1 Å². The Labute approximate surface area is 74.7 Å². The van der Waals surface area contributed by atoms with Crippen molar-refractivity contribution in [2.24, 2.45) is 5.92 Å². The highest BCUT2D eigenvalue weighted by atomic mass is 16.5. The summed E-state index contributed by atoms with van der Waals surface area (Å²) >= 11 is 0. The molecule has 1 N–H and O–H groups in total. The highest BCUT2D eigenvalue weighted by molar-refractivity contribution is 4.93. The Morgan fingerprint density at radius 3 is 2.83 bits per heavy atom. The summed E-state index contributed by atoms with van der Waals surface area (Å²) in [5, 5.41) is 3.58. The molecule has 1 saturated heterocycles. The van der Waals surface area contributed by atoms with Gasteiger partial charge in [0.15, 0.2) is 0 Å². The zero-order valence-corrected chi connectivity index (χ0v) is 7.88. The Morgan fingerprint density at radius 1 is 1.33 bits per heavy atom. The summed E-state index contributed by atoms with van der Waals surface area (Å²) in [5.74, 6) is 0.891. The molecule has 2 fully saturated rings. The molecule has 1 aliphatic carbocycles. The van der Waals surface area contributed by atoms with Gasteiger partial charge in [0.25, 0.3) is 0 Å². The molecule has 1 heterocycles. The van der Waals surface area contributed by atoms with E-state index in [0.29, 0.717) is 12.1 Å². The van der Waals surface area contributed by atoms with Crippen molar-refractivity contribution in [3.8, 4) is 0 Å². The van der Waals surface area contributed by atoms with Crippen LogP contribution in [0.3, 0.4) is 0 Å². The molecule has 0 aromatic carbocycles. The van der Waals surface area contributed by atoms with Crippen LogP contribution in [0.2, 0.25) is 0 Å². The SMILES string of the molecule is CCCNC1CCOC1C1CC1. The van der Waals surface area contributed by atoms with Gasteiger partial charge in [-0.2, -0.15) is 0 Å². The molecule has 0 aromatic rings. The van der Waals surface area contributed by atoms with Gasteiger partial charge in [0.2, 0.25) is 0 Å². The minimum Gasteiger partial charge on any atom is -0.376 e. The second-order valence-corrected chi connectivity index (χ2v) is 4.02. The van der Waals surface area contributed by atoms with E-state index in [2.05, 4.69) is 12.2 Å². The van der Waals surface area contributed by atoms with E-state index < -0.39 is 0 Å². The Balaban J connectivity index is 1.78. The van der Waals surface area contributed by atoms with E-state index in [9.17, 15) is 0 Å². The van der Waals surface area contributed by atoms with Crippen molar-refractivity contribution in [1.82, 2.24) is 5.32 Å². The Morgan fingerprint density at radius 2 is 2.17 bits per heavy atom. The molecule has 2 heteroatoms. The lowest BCUT2D eigenvalue weighted by Crippen LogP contribution is -2.37. The number of hydrogen-bond donors (Lipinski definition) is 1. The van der Waals surface area contributed by atoms with Crippen LogP contribution in [-0.4, -0.2) is 25.3 Å². The molecule has 2 aliphatic rings. The van der Waals surface area contributed by atoms with Gasteiger partial charge in [-0.15, -0.1) is 0 Å². The van der Waals surface area contributed by atoms with Crippen molar-refractivity contribution in [3.63, 3.8) is 0 Å². The first kappa shape index (κ1) is 8.52. The molecule has 12 heavy (non-hydrogen) atoms. The lowest BCUT2D eigenvalue weighted by atomic mass is 10.1. The van der Waals surface area contributed by atoms with Gasteiger partial charge in [0.05, 0.1) is 6.10 Å². The molecule has 1 saturated carbocycles. The Bertz CT molecular complexity index is 145. The lowest BCUT2D eigenvalue weighted by Gasteiger charge is -2.18. The summed E-state index contributed by atoms with van der Waals surface area (Å²) in [6, 6.07) is 0.664. The second kappa shape index (κ2) is 3.75. The van der Waals surface area contributed by atoms with E-state index in [1.807, 2.05) is 0 Å². The predicted octanol–water partition coefficient (Wildman–Crippen LogP) is 1.55. The van der Waals surface area contributed by atoms with E-state index >= 15 is 0 Å². The van der Waals surface area contributed by atoms with Gasteiger partial charge in [0, 0.05) is 12.6 Å². The molecule has 2 unspecified atom stereocenters. The van der Waals surface area contributed by atoms with Crippen LogP contribution < -0.4 is 5.32 Å². The van der Waals surface area contributed by atoms with Gasteiger partial charge in [-0.3, -0.25) is 0 Å². The predicted molar refractivity (Wildman–Crippen MR) is 49.2 cm³/mol. The Hall–Kier alpha value is -0.0800. The maximum Gasteiger partial charge on any atom is 0.0756 e. The molecule has 0 radical (unpaired) electrons. The second-order valence-electron chi connectivity index (χ2n) is 4.02. The van der Waals surface area contributed by atoms with Crippen molar-refractivity contribution < 1.29 is 4.74 Å². The van der Waals surface area contributed by atoms with E-state index in [1.165, 1.54) is 25.7 Å². The highest BCUT2D eigenvalue weighted by Gasteiger charge is 2.40. The average Bonchev–Trinajstić information content (AvgIpc) is 2.83. The van der Waals surface area contributed by atoms with Gasteiger partial charge in [-0.1, -0.05) is 6.92 Å². The normalized spacial score (nSPS) is 35.8. The number of ether oxygens (including phenoxy) is 1. The van der Waals surface area contributed by atoms with Crippen molar-refractivity contribution in [2.45, 2.75) is 44.8 Å². The topological polar surface area (TPSA) is 21.3 Å². The van der Waals surface area contributed by atoms with Crippen LogP contribution in [0, 0.1) is 5.92 Å². The average molecular weight is 169 g/mol. The fourth-order valence-electron chi connectivity index (χ4n) is 2.05. The third-order valence-corrected chi connectivity index (χ3v) is 2.88. The summed E-state index contributed by atoms with van der Waals surface area (Å²) in [7, 11) is 0. The first-order chi connectivity index (χ1) is 5.92. The maximum absolute atomic E-state index is 5.72. The molecule has 0 amide bonds. The van der Waals surface area contributed by atoms with Crippen LogP contribution in [0.25, 0.3) is 0 Å². The van der Waals surface area contributed by atoms with E-state index in [0.717, 1.165) is 19.1 Å². The standard InChI is InChI=1S/C10H19NO/c1-2-6-11-9-5-7-12-10(9)8-3-4-8/h8-11H,2-7H2,1H3. The maximum atomic E-state index is 5.72. The minimum absolute atomic E-state index is 0.552. The van der Waals surface area contributed by atoms with Crippen LogP contribution >= 0.6 is 0 Å². The monoisotopic (exact) mass is 169 g/mol. The minimum atomic E-state index is 0.552. The number of rotatable bonds is 4. The van der Waals surface area contributed by atoms with E-state index in [-0.39, 0.29) is 0 Å². The number of nitrogens with one attached hydrogen (secondary N) is 1. The van der Waals surface area contributed by atoms with Gasteiger partial charge in [-0.25, -0.2) is 0 Å². The quantitative estimate of drug-likeness (QED) is 0.689. The number of hydrogen-bond acceptors (Lipinski definition) is 2. The lowest BCUT2D eigenvalue weighted by molar-refractivity contribution is 0.0812. The molecule has 0 spiro atoms. The summed E-state index contributed by atoms with van der Waals surface area (Å²) in [6.45, 7) is 4.34. The van der Waals surface area contributed by atoms with Crippen molar-refractivity contribution in [3.05, 3.63) is 0 Å². The molecule has 2 rings (SSSR count). The van der Waals surface area contributed by atoms with Gasteiger partial charge >= 0.3 is 0 Å². The summed E-state index contributed by atoms with van der Waals surface area (Å²) in [4.78, 5) is 0. The molecule has 2 nitrogen and oxygen atoms in total. The van der Waals surface area contributed by atoms with E-state index in [4.69, 9.17) is 4.74 Å². The molecule has 70 valence electrons. The van der Waals surface area contributed by atoms with Crippen LogP contribution in [0.5, 0.6) is 0 Å². The molecule has 0 aromatic heterocycles. The summed E-state index contributed by atoms with van der Waals surface area (Å²) < 4.78 is 5.72. The zero-order chi connectivity index (χ0) is 8.39. The molecule has 0 bridgehead atoms. The summed E-state index contributed by atoms with van der Waals surface area (Å²) in [5.41, 5.74) is 0. The van der Waals surface area contributed by atoms with E-state index in [1.54, 1.807) is 0 Å². The third-order valence-electron chi connectivity index (χ3n) is 2.88. The molecular weight excluding hydrogens is 150 g/mol. The van der Waals surface area contributed by atoms with Crippen LogP contribution in [0.1, 0.15) is 32.6 Å². The van der Waals surface area contributed by atoms with Crippen molar-refractivity contribution in [1.29, 1.82) is 0 Å². The van der Waals surface area contributed by atoms with Crippen LogP contribution in [0.15, 0.2) is 0 Å². The van der Waals surface area contributed by atoms with Gasteiger partial charge in [0.1, 0.15) is 0 Å².